The van der Waals surface area contributed by atoms with Gasteiger partial charge in [-0.1, -0.05) is 35.5 Å². The Morgan fingerprint density at radius 3 is 2.64 bits per heavy atom. The summed E-state index contributed by atoms with van der Waals surface area (Å²) in [7, 11) is 2.10. The van der Waals surface area contributed by atoms with Crippen LogP contribution in [-0.4, -0.2) is 58.3 Å². The van der Waals surface area contributed by atoms with Gasteiger partial charge in [0.25, 0.3) is 0 Å². The minimum Gasteiger partial charge on any atom is -0.387 e. The number of hydrogen-bond donors (Lipinski definition) is 1. The van der Waals surface area contributed by atoms with E-state index in [0.717, 1.165) is 38.0 Å². The molecule has 136 valence electrons. The number of aryl methyl sites for hydroxylation is 1. The van der Waals surface area contributed by atoms with Crippen LogP contribution in [0.2, 0.25) is 0 Å². The molecule has 1 aromatic heterocycles. The van der Waals surface area contributed by atoms with Crippen LogP contribution in [0.4, 0.5) is 0 Å². The molecule has 0 saturated carbocycles. The minimum absolute atomic E-state index is 0.402. The monoisotopic (exact) mass is 344 g/mol. The number of benzene rings is 1. The van der Waals surface area contributed by atoms with Crippen LogP contribution in [0.1, 0.15) is 36.2 Å². The van der Waals surface area contributed by atoms with Crippen molar-refractivity contribution >= 4 is 0 Å². The van der Waals surface area contributed by atoms with E-state index in [4.69, 9.17) is 4.52 Å². The fourth-order valence-electron chi connectivity index (χ4n) is 3.52. The highest BCUT2D eigenvalue weighted by molar-refractivity contribution is 5.17. The van der Waals surface area contributed by atoms with E-state index >= 15 is 0 Å². The first-order chi connectivity index (χ1) is 12.1. The van der Waals surface area contributed by atoms with Gasteiger partial charge in [0.1, 0.15) is 0 Å². The second-order valence-corrected chi connectivity index (χ2v) is 7.10. The second kappa shape index (κ2) is 8.56. The summed E-state index contributed by atoms with van der Waals surface area (Å²) < 4.78 is 5.19. The average Bonchev–Trinajstić information content (AvgIpc) is 3.02. The number of likely N-dealkylation sites (tertiary alicyclic amines) is 1. The third-order valence-corrected chi connectivity index (χ3v) is 4.87. The van der Waals surface area contributed by atoms with E-state index < -0.39 is 6.10 Å². The first kappa shape index (κ1) is 18.0. The van der Waals surface area contributed by atoms with Crippen molar-refractivity contribution in [3.63, 3.8) is 0 Å². The lowest BCUT2D eigenvalue weighted by Gasteiger charge is -2.34. The third-order valence-electron chi connectivity index (χ3n) is 4.87. The highest BCUT2D eigenvalue weighted by Gasteiger charge is 2.23. The number of β-amino-alcohol motifs (C(OH)–C–C–N with tert-alkyl or cyclic N) is 1. The molecule has 0 unspecified atom stereocenters. The third kappa shape index (κ3) is 5.36. The maximum atomic E-state index is 10.4. The molecule has 1 saturated heterocycles. The predicted molar refractivity (Wildman–Crippen MR) is 95.9 cm³/mol. The van der Waals surface area contributed by atoms with Crippen molar-refractivity contribution in [1.82, 2.24) is 19.9 Å². The van der Waals surface area contributed by atoms with Crippen molar-refractivity contribution in [2.45, 2.75) is 32.4 Å². The quantitative estimate of drug-likeness (QED) is 0.831. The van der Waals surface area contributed by atoms with Crippen LogP contribution in [0.25, 0.3) is 0 Å². The molecule has 0 radical (unpaired) electrons. The molecule has 0 bridgehead atoms. The Morgan fingerprint density at radius 1 is 1.28 bits per heavy atom. The number of aliphatic hydroxyl groups is 1. The molecule has 0 amide bonds. The maximum absolute atomic E-state index is 10.4. The van der Waals surface area contributed by atoms with Gasteiger partial charge in [-0.25, -0.2) is 0 Å². The van der Waals surface area contributed by atoms with E-state index in [-0.39, 0.29) is 0 Å². The molecule has 1 fully saturated rings. The van der Waals surface area contributed by atoms with Gasteiger partial charge < -0.3 is 14.5 Å². The van der Waals surface area contributed by atoms with Crippen molar-refractivity contribution in [2.24, 2.45) is 5.92 Å². The Balaban J connectivity index is 1.39. The molecular formula is C19H28N4O2. The molecule has 25 heavy (non-hydrogen) atoms. The van der Waals surface area contributed by atoms with Crippen molar-refractivity contribution < 1.29 is 9.63 Å². The zero-order valence-corrected chi connectivity index (χ0v) is 15.1. The van der Waals surface area contributed by atoms with Gasteiger partial charge in [0.15, 0.2) is 5.82 Å². The number of hydrogen-bond acceptors (Lipinski definition) is 6. The predicted octanol–water partition coefficient (Wildman–Crippen LogP) is 2.26. The SMILES string of the molecule is Cc1noc(CN(C)CC2CCN(C[C@H](O)c3ccccc3)CC2)n1. The minimum atomic E-state index is -0.402. The summed E-state index contributed by atoms with van der Waals surface area (Å²) in [4.78, 5) is 8.89. The Hall–Kier alpha value is -1.76. The van der Waals surface area contributed by atoms with E-state index in [9.17, 15) is 5.11 Å². The first-order valence-corrected chi connectivity index (χ1v) is 9.03. The Labute approximate surface area is 149 Å². The van der Waals surface area contributed by atoms with Gasteiger partial charge in [-0.3, -0.25) is 4.90 Å². The van der Waals surface area contributed by atoms with E-state index in [0.29, 0.717) is 30.7 Å². The molecular weight excluding hydrogens is 316 g/mol. The van der Waals surface area contributed by atoms with Gasteiger partial charge in [-0.05, 0) is 51.4 Å². The van der Waals surface area contributed by atoms with E-state index in [1.807, 2.05) is 37.3 Å². The van der Waals surface area contributed by atoms with Gasteiger partial charge in [-0.15, -0.1) is 0 Å². The molecule has 6 nitrogen and oxygen atoms in total. The van der Waals surface area contributed by atoms with Crippen LogP contribution in [0, 0.1) is 12.8 Å². The molecule has 3 rings (SSSR count). The molecule has 0 aliphatic carbocycles. The topological polar surface area (TPSA) is 65.6 Å². The Kier molecular flexibility index (Phi) is 6.18. The number of piperidine rings is 1. The lowest BCUT2D eigenvalue weighted by molar-refractivity contribution is 0.0816. The average molecular weight is 344 g/mol. The molecule has 2 aromatic rings. The molecule has 1 aliphatic heterocycles. The van der Waals surface area contributed by atoms with Gasteiger partial charge in [0.05, 0.1) is 12.6 Å². The van der Waals surface area contributed by atoms with Gasteiger partial charge in [0, 0.05) is 13.1 Å². The van der Waals surface area contributed by atoms with Crippen molar-refractivity contribution in [3.8, 4) is 0 Å². The normalized spacial score (nSPS) is 17.9. The summed E-state index contributed by atoms with van der Waals surface area (Å²) in [5.74, 6) is 2.05. The van der Waals surface area contributed by atoms with E-state index in [1.165, 1.54) is 0 Å². The fraction of sp³-hybridized carbons (Fsp3) is 0.579. The van der Waals surface area contributed by atoms with Gasteiger partial charge in [0.2, 0.25) is 5.89 Å². The first-order valence-electron chi connectivity index (χ1n) is 9.03. The largest absolute Gasteiger partial charge is 0.387 e. The van der Waals surface area contributed by atoms with Crippen LogP contribution in [0.5, 0.6) is 0 Å². The summed E-state index contributed by atoms with van der Waals surface area (Å²) in [6, 6.07) is 9.92. The van der Waals surface area contributed by atoms with Crippen LogP contribution >= 0.6 is 0 Å². The van der Waals surface area contributed by atoms with Gasteiger partial charge >= 0.3 is 0 Å². The van der Waals surface area contributed by atoms with Crippen LogP contribution in [-0.2, 0) is 6.54 Å². The molecule has 1 N–H and O–H groups in total. The lowest BCUT2D eigenvalue weighted by Crippen LogP contribution is -2.39. The smallest absolute Gasteiger partial charge is 0.240 e. The Bertz CT molecular complexity index is 638. The number of rotatable bonds is 7. The number of aromatic nitrogens is 2. The summed E-state index contributed by atoms with van der Waals surface area (Å²) in [5.41, 5.74) is 0.999. The zero-order valence-electron chi connectivity index (χ0n) is 15.1. The summed E-state index contributed by atoms with van der Waals surface area (Å²) >= 11 is 0. The highest BCUT2D eigenvalue weighted by atomic mass is 16.5. The lowest BCUT2D eigenvalue weighted by atomic mass is 9.95. The molecule has 2 heterocycles. The van der Waals surface area contributed by atoms with Crippen LogP contribution in [0.15, 0.2) is 34.9 Å². The zero-order chi connectivity index (χ0) is 17.6. The molecule has 1 aliphatic rings. The maximum Gasteiger partial charge on any atom is 0.240 e. The summed E-state index contributed by atoms with van der Waals surface area (Å²) in [6.07, 6.45) is 1.92. The summed E-state index contributed by atoms with van der Waals surface area (Å²) in [5, 5.41) is 14.2. The van der Waals surface area contributed by atoms with Crippen molar-refractivity contribution in [2.75, 3.05) is 33.2 Å². The molecule has 1 aromatic carbocycles. The highest BCUT2D eigenvalue weighted by Crippen LogP contribution is 2.21. The Morgan fingerprint density at radius 2 is 2.00 bits per heavy atom. The van der Waals surface area contributed by atoms with Crippen molar-refractivity contribution in [3.05, 3.63) is 47.6 Å². The number of aliphatic hydroxyl groups excluding tert-OH is 1. The molecule has 1 atom stereocenters. The number of nitrogens with zero attached hydrogens (tertiary/aromatic N) is 4. The molecule has 0 spiro atoms. The van der Waals surface area contributed by atoms with E-state index in [1.54, 1.807) is 0 Å². The van der Waals surface area contributed by atoms with Crippen LogP contribution < -0.4 is 0 Å². The van der Waals surface area contributed by atoms with Crippen LogP contribution in [0.3, 0.4) is 0 Å². The standard InChI is InChI=1S/C19H28N4O2/c1-15-20-19(25-21-15)14-22(2)12-16-8-10-23(11-9-16)13-18(24)17-6-4-3-5-7-17/h3-7,16,18,24H,8-14H2,1-2H3/t18-/m0/s1. The second-order valence-electron chi connectivity index (χ2n) is 7.10. The summed E-state index contributed by atoms with van der Waals surface area (Å²) in [6.45, 7) is 6.38. The van der Waals surface area contributed by atoms with Crippen molar-refractivity contribution in [1.29, 1.82) is 0 Å². The van der Waals surface area contributed by atoms with Gasteiger partial charge in [-0.2, -0.15) is 4.98 Å². The van der Waals surface area contributed by atoms with E-state index in [2.05, 4.69) is 27.0 Å². The fourth-order valence-corrected chi connectivity index (χ4v) is 3.52. The molecule has 6 heteroatoms.